The van der Waals surface area contributed by atoms with Crippen LogP contribution in [0.15, 0.2) is 48.5 Å². The Balaban J connectivity index is 2.06. The Morgan fingerprint density at radius 2 is 1.28 bits per heavy atom. The maximum atomic E-state index is 10.8. The molecule has 0 spiro atoms. The summed E-state index contributed by atoms with van der Waals surface area (Å²) in [5, 5.41) is 0. The maximum Gasteiger partial charge on any atom is 0.308 e. The first-order valence-corrected chi connectivity index (χ1v) is 5.66. The van der Waals surface area contributed by atoms with Gasteiger partial charge in [-0.25, -0.2) is 0 Å². The fourth-order valence-corrected chi connectivity index (χ4v) is 1.48. The second-order valence-electron chi connectivity index (χ2n) is 3.98. The number of carbonyl (C=O) groups is 1. The van der Waals surface area contributed by atoms with Crippen LogP contribution in [0, 0.1) is 6.92 Å². The lowest BCUT2D eigenvalue weighted by molar-refractivity contribution is -0.131. The molecule has 18 heavy (non-hydrogen) atoms. The highest BCUT2D eigenvalue weighted by molar-refractivity contribution is 5.69. The zero-order valence-electron chi connectivity index (χ0n) is 10.3. The van der Waals surface area contributed by atoms with Crippen LogP contribution in [0.1, 0.15) is 12.5 Å². The van der Waals surface area contributed by atoms with Crippen LogP contribution in [-0.2, 0) is 4.79 Å². The Labute approximate surface area is 106 Å². The molecule has 2 aromatic rings. The maximum absolute atomic E-state index is 10.8. The number of carbonyl (C=O) groups excluding carboxylic acids is 1. The highest BCUT2D eigenvalue weighted by Gasteiger charge is 2.00. The van der Waals surface area contributed by atoms with E-state index in [9.17, 15) is 4.79 Å². The molecule has 92 valence electrons. The second-order valence-corrected chi connectivity index (χ2v) is 3.98. The molecule has 2 rings (SSSR count). The van der Waals surface area contributed by atoms with Gasteiger partial charge in [0.05, 0.1) is 0 Å². The average molecular weight is 242 g/mol. The van der Waals surface area contributed by atoms with Crippen molar-refractivity contribution in [2.24, 2.45) is 0 Å². The Kier molecular flexibility index (Phi) is 3.63. The molecule has 0 aliphatic heterocycles. The van der Waals surface area contributed by atoms with E-state index in [1.165, 1.54) is 12.5 Å². The highest BCUT2D eigenvalue weighted by Crippen LogP contribution is 2.24. The van der Waals surface area contributed by atoms with Crippen molar-refractivity contribution in [2.75, 3.05) is 0 Å². The summed E-state index contributed by atoms with van der Waals surface area (Å²) in [7, 11) is 0. The molecular weight excluding hydrogens is 228 g/mol. The van der Waals surface area contributed by atoms with Crippen LogP contribution in [0.3, 0.4) is 0 Å². The van der Waals surface area contributed by atoms with Crippen LogP contribution in [0.2, 0.25) is 0 Å². The minimum Gasteiger partial charge on any atom is -0.457 e. The van der Waals surface area contributed by atoms with Crippen LogP contribution in [0.4, 0.5) is 0 Å². The van der Waals surface area contributed by atoms with Gasteiger partial charge in [-0.2, -0.15) is 0 Å². The minimum atomic E-state index is -0.331. The van der Waals surface area contributed by atoms with Gasteiger partial charge >= 0.3 is 5.97 Å². The Bertz CT molecular complexity index is 527. The van der Waals surface area contributed by atoms with Gasteiger partial charge in [0.1, 0.15) is 17.2 Å². The molecule has 0 heterocycles. The molecule has 3 nitrogen and oxygen atoms in total. The molecule has 0 aliphatic carbocycles. The van der Waals surface area contributed by atoms with Gasteiger partial charge in [-0.3, -0.25) is 4.79 Å². The summed E-state index contributed by atoms with van der Waals surface area (Å²) in [5.41, 5.74) is 1.19. The molecule has 0 saturated heterocycles. The molecule has 0 fully saturated rings. The molecular formula is C15H14O3. The monoisotopic (exact) mass is 242 g/mol. The molecule has 0 aliphatic rings. The summed E-state index contributed by atoms with van der Waals surface area (Å²) in [6.07, 6.45) is 0. The van der Waals surface area contributed by atoms with Gasteiger partial charge in [0.15, 0.2) is 0 Å². The summed E-state index contributed by atoms with van der Waals surface area (Å²) in [6.45, 7) is 3.40. The predicted molar refractivity (Wildman–Crippen MR) is 69.0 cm³/mol. The lowest BCUT2D eigenvalue weighted by Gasteiger charge is -2.06. The third kappa shape index (κ3) is 3.35. The molecule has 0 saturated carbocycles. The van der Waals surface area contributed by atoms with Crippen LogP contribution in [0.5, 0.6) is 17.2 Å². The van der Waals surface area contributed by atoms with Crippen molar-refractivity contribution in [3.05, 3.63) is 54.1 Å². The van der Waals surface area contributed by atoms with Crippen molar-refractivity contribution in [1.82, 2.24) is 0 Å². The summed E-state index contributed by atoms with van der Waals surface area (Å²) >= 11 is 0. The zero-order chi connectivity index (χ0) is 13.0. The van der Waals surface area contributed by atoms with Crippen LogP contribution in [-0.4, -0.2) is 5.97 Å². The normalized spacial score (nSPS) is 9.89. The van der Waals surface area contributed by atoms with Crippen molar-refractivity contribution in [1.29, 1.82) is 0 Å². The SMILES string of the molecule is CC(=O)Oc1ccc(Oc2ccc(C)cc2)cc1. The van der Waals surface area contributed by atoms with E-state index in [1.807, 2.05) is 31.2 Å². The quantitative estimate of drug-likeness (QED) is 0.608. The first kappa shape index (κ1) is 12.2. The topological polar surface area (TPSA) is 35.5 Å². The van der Waals surface area contributed by atoms with E-state index >= 15 is 0 Å². The first-order valence-electron chi connectivity index (χ1n) is 5.66. The minimum absolute atomic E-state index is 0.331. The van der Waals surface area contributed by atoms with Crippen molar-refractivity contribution >= 4 is 5.97 Å². The van der Waals surface area contributed by atoms with E-state index in [0.717, 1.165) is 5.75 Å². The third-order valence-corrected chi connectivity index (χ3v) is 2.34. The lowest BCUT2D eigenvalue weighted by atomic mass is 10.2. The van der Waals surface area contributed by atoms with Gasteiger partial charge in [0.2, 0.25) is 0 Å². The molecule has 0 radical (unpaired) electrons. The Morgan fingerprint density at radius 1 is 0.833 bits per heavy atom. The molecule has 0 amide bonds. The number of hydrogen-bond acceptors (Lipinski definition) is 3. The fourth-order valence-electron chi connectivity index (χ4n) is 1.48. The standard InChI is InChI=1S/C15H14O3/c1-11-3-5-14(6-4-11)18-15-9-7-13(8-10-15)17-12(2)16/h3-10H,1-2H3. The van der Waals surface area contributed by atoms with E-state index in [0.29, 0.717) is 11.5 Å². The summed E-state index contributed by atoms with van der Waals surface area (Å²) < 4.78 is 10.6. The van der Waals surface area contributed by atoms with Crippen molar-refractivity contribution in [2.45, 2.75) is 13.8 Å². The van der Waals surface area contributed by atoms with Gasteiger partial charge in [0.25, 0.3) is 0 Å². The molecule has 2 aromatic carbocycles. The molecule has 0 bridgehead atoms. The molecule has 3 heteroatoms. The number of aryl methyl sites for hydroxylation is 1. The Hall–Kier alpha value is -2.29. The van der Waals surface area contributed by atoms with E-state index in [-0.39, 0.29) is 5.97 Å². The average Bonchev–Trinajstić information content (AvgIpc) is 2.34. The number of ether oxygens (including phenoxy) is 2. The number of esters is 1. The third-order valence-electron chi connectivity index (χ3n) is 2.34. The van der Waals surface area contributed by atoms with Gasteiger partial charge in [-0.05, 0) is 43.3 Å². The van der Waals surface area contributed by atoms with E-state index in [1.54, 1.807) is 24.3 Å². The van der Waals surface area contributed by atoms with Crippen LogP contribution < -0.4 is 9.47 Å². The van der Waals surface area contributed by atoms with Gasteiger partial charge in [0, 0.05) is 6.92 Å². The van der Waals surface area contributed by atoms with E-state index in [2.05, 4.69) is 0 Å². The number of benzene rings is 2. The summed E-state index contributed by atoms with van der Waals surface area (Å²) in [6, 6.07) is 14.7. The molecule has 0 N–H and O–H groups in total. The van der Waals surface area contributed by atoms with E-state index < -0.39 is 0 Å². The largest absolute Gasteiger partial charge is 0.457 e. The van der Waals surface area contributed by atoms with Gasteiger partial charge < -0.3 is 9.47 Å². The van der Waals surface area contributed by atoms with Crippen molar-refractivity contribution in [3.63, 3.8) is 0 Å². The summed E-state index contributed by atoms with van der Waals surface area (Å²) in [4.78, 5) is 10.8. The molecule has 0 aromatic heterocycles. The molecule has 0 unspecified atom stereocenters. The van der Waals surface area contributed by atoms with Crippen LogP contribution >= 0.6 is 0 Å². The summed E-state index contributed by atoms with van der Waals surface area (Å²) in [5.74, 6) is 1.66. The van der Waals surface area contributed by atoms with Crippen molar-refractivity contribution in [3.8, 4) is 17.2 Å². The second kappa shape index (κ2) is 5.36. The number of rotatable bonds is 3. The molecule has 0 atom stereocenters. The van der Waals surface area contributed by atoms with Crippen molar-refractivity contribution < 1.29 is 14.3 Å². The highest BCUT2D eigenvalue weighted by atomic mass is 16.5. The van der Waals surface area contributed by atoms with E-state index in [4.69, 9.17) is 9.47 Å². The van der Waals surface area contributed by atoms with Gasteiger partial charge in [-0.1, -0.05) is 17.7 Å². The van der Waals surface area contributed by atoms with Gasteiger partial charge in [-0.15, -0.1) is 0 Å². The zero-order valence-corrected chi connectivity index (χ0v) is 10.3. The predicted octanol–water partition coefficient (Wildman–Crippen LogP) is 3.71. The first-order chi connectivity index (χ1) is 8.63. The lowest BCUT2D eigenvalue weighted by Crippen LogP contribution is -2.00. The Morgan fingerprint density at radius 3 is 1.78 bits per heavy atom. The number of hydrogen-bond donors (Lipinski definition) is 0. The smallest absolute Gasteiger partial charge is 0.308 e. The van der Waals surface area contributed by atoms with Crippen LogP contribution in [0.25, 0.3) is 0 Å². The fraction of sp³-hybridized carbons (Fsp3) is 0.133.